The van der Waals surface area contributed by atoms with Crippen LogP contribution in [-0.4, -0.2) is 62.8 Å². The van der Waals surface area contributed by atoms with E-state index in [4.69, 9.17) is 4.74 Å². The number of fused-ring (bicyclic) bond motifs is 2. The van der Waals surface area contributed by atoms with Gasteiger partial charge in [-0.25, -0.2) is 18.7 Å². The summed E-state index contributed by atoms with van der Waals surface area (Å²) in [6, 6.07) is 6.66. The maximum atomic E-state index is 13.5. The number of amides is 1. The number of morpholine rings is 1. The summed E-state index contributed by atoms with van der Waals surface area (Å²) < 4.78 is 34.3. The molecule has 6 heterocycles. The number of anilines is 3. The van der Waals surface area contributed by atoms with Crippen LogP contribution in [-0.2, 0) is 11.3 Å². The van der Waals surface area contributed by atoms with Gasteiger partial charge >= 0.3 is 0 Å². The van der Waals surface area contributed by atoms with Gasteiger partial charge in [0.05, 0.1) is 65.2 Å². The van der Waals surface area contributed by atoms with E-state index in [1.54, 1.807) is 29.1 Å². The number of hydrogen-bond acceptors (Lipinski definition) is 8. The molecule has 0 bridgehead atoms. The molecular weight excluding hydrogens is 508 g/mol. The van der Waals surface area contributed by atoms with E-state index in [-0.39, 0.29) is 42.3 Å². The van der Waals surface area contributed by atoms with Crippen molar-refractivity contribution in [2.75, 3.05) is 36.5 Å². The molecule has 4 aromatic rings. The van der Waals surface area contributed by atoms with Crippen molar-refractivity contribution in [1.29, 1.82) is 0 Å². The maximum Gasteiger partial charge on any atom is 0.267 e. The normalized spacial score (nSPS) is 17.9. The lowest BCUT2D eigenvalue weighted by Crippen LogP contribution is -2.46. The van der Waals surface area contributed by atoms with Crippen molar-refractivity contribution in [1.82, 2.24) is 24.7 Å². The molecule has 0 aliphatic carbocycles. The Labute approximate surface area is 222 Å². The van der Waals surface area contributed by atoms with Gasteiger partial charge < -0.3 is 25.4 Å². The molecule has 10 nitrogen and oxygen atoms in total. The Morgan fingerprint density at radius 3 is 2.85 bits per heavy atom. The Morgan fingerprint density at radius 1 is 1.21 bits per heavy atom. The van der Waals surface area contributed by atoms with Crippen molar-refractivity contribution in [3.8, 4) is 11.4 Å². The third kappa shape index (κ3) is 4.55. The molecule has 2 aliphatic heterocycles. The minimum absolute atomic E-state index is 0.0392. The van der Waals surface area contributed by atoms with Crippen molar-refractivity contribution in [2.45, 2.75) is 26.0 Å². The standard InChI is InChI=1S/C27H27F2N7O3/c1-15(14-37)21-13-35(7-8-39-21)16-4-5-22(30-9-16)34-19-11-31-24(18-10-33-27(38)23(18)19)20-12-32-26-17(25(28)29)3-2-6-36(20)26/h2-6,9,11-12,15,21,25,37H,7-8,10,13-14H2,1H3,(H,30,34)(H,33,38)/t15?,21-/m1/s1. The molecule has 202 valence electrons. The summed E-state index contributed by atoms with van der Waals surface area (Å²) in [5.41, 5.74) is 3.52. The second-order valence-corrected chi connectivity index (χ2v) is 9.70. The van der Waals surface area contributed by atoms with Crippen LogP contribution in [0.4, 0.5) is 26.0 Å². The topological polar surface area (TPSA) is 117 Å². The highest BCUT2D eigenvalue weighted by atomic mass is 19.3. The SMILES string of the molecule is CC(CO)[C@H]1CN(c2ccc(Nc3cnc(-c4cnc5c(C(F)F)cccn45)c4c3C(=O)NC4)nc2)CCO1. The van der Waals surface area contributed by atoms with E-state index in [1.807, 2.05) is 19.1 Å². The summed E-state index contributed by atoms with van der Waals surface area (Å²) in [5, 5.41) is 15.5. The molecule has 1 unspecified atom stereocenters. The molecule has 1 fully saturated rings. The Bertz CT molecular complexity index is 1530. The highest BCUT2D eigenvalue weighted by Gasteiger charge is 2.29. The molecule has 0 aromatic carbocycles. The Hall–Kier alpha value is -4.16. The van der Waals surface area contributed by atoms with Crippen LogP contribution in [0.25, 0.3) is 17.0 Å². The molecular formula is C27H27F2N7O3. The number of nitrogens with one attached hydrogen (secondary N) is 2. The van der Waals surface area contributed by atoms with E-state index in [9.17, 15) is 18.7 Å². The average molecular weight is 536 g/mol. The first kappa shape index (κ1) is 25.1. The molecule has 6 rings (SSSR count). The van der Waals surface area contributed by atoms with E-state index in [2.05, 4.69) is 30.5 Å². The van der Waals surface area contributed by atoms with Crippen LogP contribution < -0.4 is 15.5 Å². The summed E-state index contributed by atoms with van der Waals surface area (Å²) in [6.07, 6.45) is 3.74. The molecule has 0 saturated carbocycles. The van der Waals surface area contributed by atoms with E-state index >= 15 is 0 Å². The number of halogens is 2. The highest BCUT2D eigenvalue weighted by Crippen LogP contribution is 2.35. The van der Waals surface area contributed by atoms with Crippen molar-refractivity contribution >= 4 is 28.7 Å². The fraction of sp³-hybridized carbons (Fsp3) is 0.333. The number of carbonyl (C=O) groups excluding carboxylic acids is 1. The molecule has 39 heavy (non-hydrogen) atoms. The number of carbonyl (C=O) groups is 1. The van der Waals surface area contributed by atoms with Gasteiger partial charge in [-0.1, -0.05) is 6.92 Å². The molecule has 2 atom stereocenters. The monoisotopic (exact) mass is 535 g/mol. The first-order chi connectivity index (χ1) is 18.9. The van der Waals surface area contributed by atoms with Gasteiger partial charge in [0.2, 0.25) is 0 Å². The molecule has 4 aromatic heterocycles. The second kappa shape index (κ2) is 10.2. The van der Waals surface area contributed by atoms with Gasteiger partial charge in [0.1, 0.15) is 11.5 Å². The second-order valence-electron chi connectivity index (χ2n) is 9.70. The fourth-order valence-corrected chi connectivity index (χ4v) is 5.09. The average Bonchev–Trinajstić information content (AvgIpc) is 3.57. The predicted octanol–water partition coefficient (Wildman–Crippen LogP) is 3.55. The van der Waals surface area contributed by atoms with Gasteiger partial charge in [0.25, 0.3) is 12.3 Å². The van der Waals surface area contributed by atoms with E-state index in [0.29, 0.717) is 47.2 Å². The van der Waals surface area contributed by atoms with Crippen LogP contribution in [0, 0.1) is 5.92 Å². The number of alkyl halides is 2. The number of aromatic nitrogens is 4. The van der Waals surface area contributed by atoms with E-state index in [1.165, 1.54) is 12.3 Å². The lowest BCUT2D eigenvalue weighted by Gasteiger charge is -2.36. The van der Waals surface area contributed by atoms with Gasteiger partial charge in [-0.3, -0.25) is 14.2 Å². The number of aliphatic hydroxyl groups is 1. The molecule has 12 heteroatoms. The maximum absolute atomic E-state index is 13.5. The van der Waals surface area contributed by atoms with Crippen LogP contribution >= 0.6 is 0 Å². The number of aliphatic hydroxyl groups excluding tert-OH is 1. The lowest BCUT2D eigenvalue weighted by atomic mass is 10.0. The zero-order valence-corrected chi connectivity index (χ0v) is 21.1. The fourth-order valence-electron chi connectivity index (χ4n) is 5.09. The van der Waals surface area contributed by atoms with E-state index < -0.39 is 6.43 Å². The van der Waals surface area contributed by atoms with Crippen LogP contribution in [0.3, 0.4) is 0 Å². The summed E-state index contributed by atoms with van der Waals surface area (Å²) in [5.74, 6) is 0.324. The number of rotatable bonds is 7. The zero-order valence-electron chi connectivity index (χ0n) is 21.1. The molecule has 2 aliphatic rings. The summed E-state index contributed by atoms with van der Waals surface area (Å²) in [4.78, 5) is 28.3. The van der Waals surface area contributed by atoms with Gasteiger partial charge in [-0.2, -0.15) is 0 Å². The number of imidazole rings is 1. The van der Waals surface area contributed by atoms with Crippen LogP contribution in [0.15, 0.2) is 49.1 Å². The summed E-state index contributed by atoms with van der Waals surface area (Å²) in [6.45, 7) is 4.25. The van der Waals surface area contributed by atoms with Crippen molar-refractivity contribution in [2.24, 2.45) is 5.92 Å². The number of nitrogens with zero attached hydrogens (tertiary/aromatic N) is 5. The summed E-state index contributed by atoms with van der Waals surface area (Å²) >= 11 is 0. The quantitative estimate of drug-likeness (QED) is 0.329. The van der Waals surface area contributed by atoms with Crippen molar-refractivity contribution in [3.05, 3.63) is 65.7 Å². The zero-order chi connectivity index (χ0) is 27.1. The molecule has 0 spiro atoms. The Morgan fingerprint density at radius 2 is 2.08 bits per heavy atom. The lowest BCUT2D eigenvalue weighted by molar-refractivity contribution is -0.00930. The van der Waals surface area contributed by atoms with E-state index in [0.717, 1.165) is 12.2 Å². The number of pyridine rings is 3. The first-order valence-corrected chi connectivity index (χ1v) is 12.7. The largest absolute Gasteiger partial charge is 0.396 e. The van der Waals surface area contributed by atoms with Crippen LogP contribution in [0.5, 0.6) is 0 Å². The minimum Gasteiger partial charge on any atom is -0.396 e. The molecule has 1 saturated heterocycles. The molecule has 1 amide bonds. The first-order valence-electron chi connectivity index (χ1n) is 12.7. The minimum atomic E-state index is -2.66. The number of ether oxygens (including phenoxy) is 1. The van der Waals surface area contributed by atoms with Crippen molar-refractivity contribution in [3.63, 3.8) is 0 Å². The third-order valence-electron chi connectivity index (χ3n) is 7.27. The van der Waals surface area contributed by atoms with Gasteiger partial charge in [0, 0.05) is 43.9 Å². The highest BCUT2D eigenvalue weighted by molar-refractivity contribution is 6.05. The Kier molecular flexibility index (Phi) is 6.57. The van der Waals surface area contributed by atoms with Gasteiger partial charge in [-0.05, 0) is 24.3 Å². The van der Waals surface area contributed by atoms with Crippen LogP contribution in [0.1, 0.15) is 34.8 Å². The molecule has 0 radical (unpaired) electrons. The van der Waals surface area contributed by atoms with Gasteiger partial charge in [-0.15, -0.1) is 0 Å². The number of hydrogen-bond donors (Lipinski definition) is 3. The molecule has 3 N–H and O–H groups in total. The Balaban J connectivity index is 1.27. The van der Waals surface area contributed by atoms with Gasteiger partial charge in [0.15, 0.2) is 0 Å². The van der Waals surface area contributed by atoms with Crippen molar-refractivity contribution < 1.29 is 23.4 Å². The van der Waals surface area contributed by atoms with Crippen LogP contribution in [0.2, 0.25) is 0 Å². The summed E-state index contributed by atoms with van der Waals surface area (Å²) in [7, 11) is 0. The predicted molar refractivity (Wildman–Crippen MR) is 140 cm³/mol. The third-order valence-corrected chi connectivity index (χ3v) is 7.27. The smallest absolute Gasteiger partial charge is 0.267 e.